The molecule has 0 atom stereocenters. The van der Waals surface area contributed by atoms with Crippen molar-refractivity contribution in [2.75, 3.05) is 11.9 Å². The molecule has 0 radical (unpaired) electrons. The fourth-order valence-electron chi connectivity index (χ4n) is 1.86. The van der Waals surface area contributed by atoms with Crippen molar-refractivity contribution in [2.45, 2.75) is 20.4 Å². The monoisotopic (exact) mass is 259 g/mol. The van der Waals surface area contributed by atoms with Gasteiger partial charge in [0.2, 0.25) is 0 Å². The third kappa shape index (κ3) is 3.71. The van der Waals surface area contributed by atoms with E-state index in [9.17, 15) is 4.39 Å². The second-order valence-corrected chi connectivity index (χ2v) is 4.41. The largest absolute Gasteiger partial charge is 0.492 e. The number of rotatable bonds is 5. The van der Waals surface area contributed by atoms with Crippen molar-refractivity contribution in [3.05, 3.63) is 59.4 Å². The first-order valence-electron chi connectivity index (χ1n) is 6.41. The molecule has 0 saturated heterocycles. The standard InChI is InChI=1S/C16H18FNO/c1-3-19-16-9-4-12(2)10-15(16)18-11-13-5-7-14(17)8-6-13/h4-10,18H,3,11H2,1-2H3. The van der Waals surface area contributed by atoms with Crippen LogP contribution in [0, 0.1) is 12.7 Å². The number of hydrogen-bond donors (Lipinski definition) is 1. The third-order valence-corrected chi connectivity index (χ3v) is 2.83. The van der Waals surface area contributed by atoms with E-state index in [4.69, 9.17) is 4.74 Å². The molecule has 0 heterocycles. The summed E-state index contributed by atoms with van der Waals surface area (Å²) in [6.45, 7) is 5.28. The minimum atomic E-state index is -0.214. The lowest BCUT2D eigenvalue weighted by Crippen LogP contribution is -2.03. The van der Waals surface area contributed by atoms with E-state index in [-0.39, 0.29) is 5.82 Å². The van der Waals surface area contributed by atoms with E-state index < -0.39 is 0 Å². The van der Waals surface area contributed by atoms with Crippen molar-refractivity contribution in [3.8, 4) is 5.75 Å². The summed E-state index contributed by atoms with van der Waals surface area (Å²) in [6.07, 6.45) is 0. The number of halogens is 1. The number of anilines is 1. The first kappa shape index (κ1) is 13.4. The predicted molar refractivity (Wildman–Crippen MR) is 76.1 cm³/mol. The molecule has 100 valence electrons. The van der Waals surface area contributed by atoms with Gasteiger partial charge in [0.15, 0.2) is 0 Å². The zero-order valence-electron chi connectivity index (χ0n) is 11.2. The maximum atomic E-state index is 12.8. The van der Waals surface area contributed by atoms with Crippen LogP contribution >= 0.6 is 0 Å². The van der Waals surface area contributed by atoms with Crippen molar-refractivity contribution in [1.82, 2.24) is 0 Å². The Morgan fingerprint density at radius 3 is 2.53 bits per heavy atom. The molecular weight excluding hydrogens is 241 g/mol. The van der Waals surface area contributed by atoms with Crippen LogP contribution in [0.3, 0.4) is 0 Å². The van der Waals surface area contributed by atoms with Gasteiger partial charge in [0.1, 0.15) is 11.6 Å². The molecule has 0 aliphatic heterocycles. The molecule has 2 aromatic carbocycles. The van der Waals surface area contributed by atoms with E-state index >= 15 is 0 Å². The van der Waals surface area contributed by atoms with Gasteiger partial charge in [-0.2, -0.15) is 0 Å². The number of benzene rings is 2. The Bertz CT molecular complexity index is 537. The summed E-state index contributed by atoms with van der Waals surface area (Å²) in [5.41, 5.74) is 3.17. The Hall–Kier alpha value is -2.03. The second kappa shape index (κ2) is 6.23. The molecule has 19 heavy (non-hydrogen) atoms. The van der Waals surface area contributed by atoms with Crippen LogP contribution in [0.2, 0.25) is 0 Å². The number of aryl methyl sites for hydroxylation is 1. The highest BCUT2D eigenvalue weighted by Gasteiger charge is 2.03. The van der Waals surface area contributed by atoms with Gasteiger partial charge in [-0.05, 0) is 49.2 Å². The highest BCUT2D eigenvalue weighted by atomic mass is 19.1. The van der Waals surface area contributed by atoms with Gasteiger partial charge < -0.3 is 10.1 Å². The van der Waals surface area contributed by atoms with Gasteiger partial charge in [0.05, 0.1) is 12.3 Å². The van der Waals surface area contributed by atoms with Crippen molar-refractivity contribution in [1.29, 1.82) is 0 Å². The van der Waals surface area contributed by atoms with Crippen LogP contribution in [-0.4, -0.2) is 6.61 Å². The topological polar surface area (TPSA) is 21.3 Å². The Labute approximate surface area is 113 Å². The lowest BCUT2D eigenvalue weighted by Gasteiger charge is -2.13. The van der Waals surface area contributed by atoms with Gasteiger partial charge in [0.25, 0.3) is 0 Å². The van der Waals surface area contributed by atoms with E-state index in [0.29, 0.717) is 13.2 Å². The minimum absolute atomic E-state index is 0.214. The predicted octanol–water partition coefficient (Wildman–Crippen LogP) is 4.14. The van der Waals surface area contributed by atoms with Gasteiger partial charge in [-0.1, -0.05) is 18.2 Å². The smallest absolute Gasteiger partial charge is 0.142 e. The second-order valence-electron chi connectivity index (χ2n) is 4.41. The van der Waals surface area contributed by atoms with Crippen LogP contribution in [-0.2, 0) is 6.54 Å². The molecule has 0 fully saturated rings. The highest BCUT2D eigenvalue weighted by molar-refractivity contribution is 5.58. The Balaban J connectivity index is 2.09. The lowest BCUT2D eigenvalue weighted by molar-refractivity contribution is 0.341. The van der Waals surface area contributed by atoms with Crippen molar-refractivity contribution in [3.63, 3.8) is 0 Å². The molecular formula is C16H18FNO. The van der Waals surface area contributed by atoms with Gasteiger partial charge in [0, 0.05) is 6.54 Å². The minimum Gasteiger partial charge on any atom is -0.492 e. The first-order chi connectivity index (χ1) is 9.19. The molecule has 0 spiro atoms. The summed E-state index contributed by atoms with van der Waals surface area (Å²) in [5.74, 6) is 0.629. The maximum Gasteiger partial charge on any atom is 0.142 e. The van der Waals surface area contributed by atoms with E-state index in [1.165, 1.54) is 17.7 Å². The third-order valence-electron chi connectivity index (χ3n) is 2.83. The van der Waals surface area contributed by atoms with Gasteiger partial charge in [-0.25, -0.2) is 4.39 Å². The number of nitrogens with one attached hydrogen (secondary N) is 1. The van der Waals surface area contributed by atoms with Crippen molar-refractivity contribution < 1.29 is 9.13 Å². The van der Waals surface area contributed by atoms with Crippen LogP contribution in [0.1, 0.15) is 18.1 Å². The SMILES string of the molecule is CCOc1ccc(C)cc1NCc1ccc(F)cc1. The molecule has 1 N–H and O–H groups in total. The summed E-state index contributed by atoms with van der Waals surface area (Å²) in [6, 6.07) is 12.5. The Morgan fingerprint density at radius 2 is 1.84 bits per heavy atom. The van der Waals surface area contributed by atoms with E-state index in [2.05, 4.69) is 11.4 Å². The lowest BCUT2D eigenvalue weighted by atomic mass is 10.2. The fourth-order valence-corrected chi connectivity index (χ4v) is 1.86. The van der Waals surface area contributed by atoms with Crippen LogP contribution in [0.15, 0.2) is 42.5 Å². The summed E-state index contributed by atoms with van der Waals surface area (Å²) in [4.78, 5) is 0. The molecule has 2 nitrogen and oxygen atoms in total. The van der Waals surface area contributed by atoms with Gasteiger partial charge in [-0.15, -0.1) is 0 Å². The zero-order chi connectivity index (χ0) is 13.7. The van der Waals surface area contributed by atoms with Crippen molar-refractivity contribution in [2.24, 2.45) is 0 Å². The van der Waals surface area contributed by atoms with Crippen LogP contribution < -0.4 is 10.1 Å². The number of hydrogen-bond acceptors (Lipinski definition) is 2. The molecule has 3 heteroatoms. The molecule has 0 aliphatic carbocycles. The van der Waals surface area contributed by atoms with Crippen molar-refractivity contribution >= 4 is 5.69 Å². The van der Waals surface area contributed by atoms with E-state index in [1.54, 1.807) is 12.1 Å². The molecule has 2 aromatic rings. The zero-order valence-corrected chi connectivity index (χ0v) is 11.2. The molecule has 2 rings (SSSR count). The summed E-state index contributed by atoms with van der Waals surface area (Å²) >= 11 is 0. The molecule has 0 unspecified atom stereocenters. The average molecular weight is 259 g/mol. The summed E-state index contributed by atoms with van der Waals surface area (Å²) in [7, 11) is 0. The normalized spacial score (nSPS) is 10.3. The Morgan fingerprint density at radius 1 is 1.11 bits per heavy atom. The van der Waals surface area contributed by atoms with E-state index in [0.717, 1.165) is 17.0 Å². The molecule has 0 bridgehead atoms. The summed E-state index contributed by atoms with van der Waals surface area (Å²) < 4.78 is 18.4. The first-order valence-corrected chi connectivity index (χ1v) is 6.41. The van der Waals surface area contributed by atoms with E-state index in [1.807, 2.05) is 26.0 Å². The van der Waals surface area contributed by atoms with Gasteiger partial charge >= 0.3 is 0 Å². The molecule has 0 aliphatic rings. The van der Waals surface area contributed by atoms with Crippen LogP contribution in [0.5, 0.6) is 5.75 Å². The molecule has 0 saturated carbocycles. The maximum absolute atomic E-state index is 12.8. The average Bonchev–Trinajstić information content (AvgIpc) is 2.41. The highest BCUT2D eigenvalue weighted by Crippen LogP contribution is 2.26. The fraction of sp³-hybridized carbons (Fsp3) is 0.250. The Kier molecular flexibility index (Phi) is 4.39. The molecule has 0 amide bonds. The quantitative estimate of drug-likeness (QED) is 0.871. The number of ether oxygens (including phenoxy) is 1. The molecule has 0 aromatic heterocycles. The summed E-state index contributed by atoms with van der Waals surface area (Å²) in [5, 5.41) is 3.33. The van der Waals surface area contributed by atoms with Crippen LogP contribution in [0.25, 0.3) is 0 Å². The van der Waals surface area contributed by atoms with Crippen LogP contribution in [0.4, 0.5) is 10.1 Å². The van der Waals surface area contributed by atoms with Gasteiger partial charge in [-0.3, -0.25) is 0 Å².